The van der Waals surface area contributed by atoms with E-state index in [0.29, 0.717) is 62.4 Å². The SMILES string of the molecule is COc1ccc(C#N)cc1-n1c2c(cc(-c3nc(-c4ccc(Cl)cc4)cs3)c1=O)C(=O)CC(C)(C)C2. The fourth-order valence-electron chi connectivity index (χ4n) is 4.61. The molecule has 0 fully saturated rings. The van der Waals surface area contributed by atoms with Crippen LogP contribution in [0.3, 0.4) is 0 Å². The maximum absolute atomic E-state index is 14.1. The molecule has 2 aromatic carbocycles. The number of Topliss-reactive ketones (excluding diaryl/α,β-unsaturated/α-hetero) is 1. The first-order chi connectivity index (χ1) is 17.2. The highest BCUT2D eigenvalue weighted by atomic mass is 35.5. The van der Waals surface area contributed by atoms with Crippen molar-refractivity contribution in [1.82, 2.24) is 9.55 Å². The highest BCUT2D eigenvalue weighted by molar-refractivity contribution is 7.13. The molecule has 1 aliphatic rings. The fraction of sp³-hybridized carbons (Fsp3) is 0.214. The van der Waals surface area contributed by atoms with Gasteiger partial charge in [-0.15, -0.1) is 11.3 Å². The molecule has 6 nitrogen and oxygen atoms in total. The molecule has 8 heteroatoms. The van der Waals surface area contributed by atoms with Crippen LogP contribution in [0.2, 0.25) is 5.02 Å². The Hall–Kier alpha value is -3.73. The molecule has 0 spiro atoms. The Balaban J connectivity index is 1.78. The molecule has 0 saturated carbocycles. The summed E-state index contributed by atoms with van der Waals surface area (Å²) in [4.78, 5) is 32.1. The van der Waals surface area contributed by atoms with Crippen molar-refractivity contribution in [3.8, 4) is 39.3 Å². The predicted molar refractivity (Wildman–Crippen MR) is 141 cm³/mol. The summed E-state index contributed by atoms with van der Waals surface area (Å²) < 4.78 is 7.10. The van der Waals surface area contributed by atoms with Crippen molar-refractivity contribution < 1.29 is 9.53 Å². The minimum atomic E-state index is -0.317. The number of methoxy groups -OCH3 is 1. The minimum Gasteiger partial charge on any atom is -0.495 e. The summed E-state index contributed by atoms with van der Waals surface area (Å²) in [5.74, 6) is 0.411. The van der Waals surface area contributed by atoms with Gasteiger partial charge in [0.15, 0.2) is 5.78 Å². The number of nitrogens with zero attached hydrogens (tertiary/aromatic N) is 3. The van der Waals surface area contributed by atoms with E-state index in [-0.39, 0.29) is 16.8 Å². The van der Waals surface area contributed by atoms with E-state index in [1.165, 1.54) is 23.0 Å². The van der Waals surface area contributed by atoms with Gasteiger partial charge in [-0.1, -0.05) is 37.6 Å². The van der Waals surface area contributed by atoms with Crippen molar-refractivity contribution in [2.45, 2.75) is 26.7 Å². The van der Waals surface area contributed by atoms with Gasteiger partial charge in [-0.05, 0) is 48.2 Å². The summed E-state index contributed by atoms with van der Waals surface area (Å²) >= 11 is 7.36. The van der Waals surface area contributed by atoms with E-state index in [4.69, 9.17) is 21.3 Å². The summed E-state index contributed by atoms with van der Waals surface area (Å²) in [6, 6.07) is 16.0. The maximum Gasteiger partial charge on any atom is 0.265 e. The van der Waals surface area contributed by atoms with Crippen LogP contribution in [0.15, 0.2) is 58.7 Å². The first-order valence-electron chi connectivity index (χ1n) is 11.3. The lowest BCUT2D eigenvalue weighted by Crippen LogP contribution is -2.35. The smallest absolute Gasteiger partial charge is 0.265 e. The number of rotatable bonds is 4. The van der Waals surface area contributed by atoms with Crippen LogP contribution in [-0.4, -0.2) is 22.4 Å². The van der Waals surface area contributed by atoms with Gasteiger partial charge in [-0.25, -0.2) is 4.98 Å². The number of hydrogen-bond donors (Lipinski definition) is 0. The molecule has 2 heterocycles. The molecule has 4 aromatic rings. The first-order valence-corrected chi connectivity index (χ1v) is 12.6. The van der Waals surface area contributed by atoms with Gasteiger partial charge in [0.1, 0.15) is 10.8 Å². The number of nitriles is 1. The van der Waals surface area contributed by atoms with E-state index < -0.39 is 0 Å². The van der Waals surface area contributed by atoms with E-state index in [9.17, 15) is 14.9 Å². The highest BCUT2D eigenvalue weighted by Gasteiger charge is 2.35. The van der Waals surface area contributed by atoms with Crippen LogP contribution < -0.4 is 10.3 Å². The number of hydrogen-bond acceptors (Lipinski definition) is 6. The molecule has 0 amide bonds. The number of aromatic nitrogens is 2. The van der Waals surface area contributed by atoms with Crippen molar-refractivity contribution in [1.29, 1.82) is 5.26 Å². The molecule has 2 aromatic heterocycles. The molecule has 1 aliphatic carbocycles. The van der Waals surface area contributed by atoms with Crippen molar-refractivity contribution in [3.63, 3.8) is 0 Å². The molecule has 5 rings (SSSR count). The molecule has 36 heavy (non-hydrogen) atoms. The van der Waals surface area contributed by atoms with Crippen LogP contribution in [0, 0.1) is 16.7 Å². The third-order valence-electron chi connectivity index (χ3n) is 6.31. The van der Waals surface area contributed by atoms with Gasteiger partial charge in [0.2, 0.25) is 0 Å². The van der Waals surface area contributed by atoms with Crippen molar-refractivity contribution >= 4 is 28.7 Å². The topological polar surface area (TPSA) is 85.0 Å². The molecule has 0 radical (unpaired) electrons. The van der Waals surface area contributed by atoms with E-state index in [1.807, 2.05) is 31.4 Å². The van der Waals surface area contributed by atoms with Crippen LogP contribution in [0.5, 0.6) is 5.75 Å². The van der Waals surface area contributed by atoms with Crippen molar-refractivity contribution in [3.05, 3.63) is 86.1 Å². The van der Waals surface area contributed by atoms with Crippen LogP contribution in [0.25, 0.3) is 27.5 Å². The highest BCUT2D eigenvalue weighted by Crippen LogP contribution is 2.38. The Bertz CT molecular complexity index is 1610. The Labute approximate surface area is 217 Å². The predicted octanol–water partition coefficient (Wildman–Crippen LogP) is 6.32. The van der Waals surface area contributed by atoms with Crippen LogP contribution in [0.4, 0.5) is 0 Å². The van der Waals surface area contributed by atoms with Gasteiger partial charge < -0.3 is 4.74 Å². The monoisotopic (exact) mass is 515 g/mol. The second-order valence-corrected chi connectivity index (χ2v) is 10.8. The standard InChI is InChI=1S/C28H22ClN3O3S/c1-28(2)12-23-19(24(33)13-28)11-20(26-31-21(15-36-26)17-5-7-18(29)8-6-17)27(34)32(23)22-10-16(14-30)4-9-25(22)35-3/h4-11,15H,12-13H2,1-3H3. The zero-order valence-corrected chi connectivity index (χ0v) is 21.5. The number of thiazole rings is 1. The summed E-state index contributed by atoms with van der Waals surface area (Å²) in [6.45, 7) is 4.03. The van der Waals surface area contributed by atoms with E-state index in [1.54, 1.807) is 36.4 Å². The average molecular weight is 516 g/mol. The molecular formula is C28H22ClN3O3S. The Morgan fingerprint density at radius 3 is 2.53 bits per heavy atom. The summed E-state index contributed by atoms with van der Waals surface area (Å²) in [5.41, 5.74) is 3.22. The summed E-state index contributed by atoms with van der Waals surface area (Å²) in [5, 5.41) is 12.5. The van der Waals surface area contributed by atoms with Crippen molar-refractivity contribution in [2.75, 3.05) is 7.11 Å². The number of carbonyl (C=O) groups excluding carboxylic acids is 1. The number of fused-ring (bicyclic) bond motifs is 1. The van der Waals surface area contributed by atoms with Gasteiger partial charge in [0, 0.05) is 33.6 Å². The Morgan fingerprint density at radius 1 is 1.08 bits per heavy atom. The van der Waals surface area contributed by atoms with E-state index in [2.05, 4.69) is 6.07 Å². The van der Waals surface area contributed by atoms with E-state index in [0.717, 1.165) is 5.56 Å². The van der Waals surface area contributed by atoms with Crippen LogP contribution in [-0.2, 0) is 6.42 Å². The Morgan fingerprint density at radius 2 is 1.83 bits per heavy atom. The fourth-order valence-corrected chi connectivity index (χ4v) is 5.57. The summed E-state index contributed by atoms with van der Waals surface area (Å²) in [7, 11) is 1.51. The zero-order valence-electron chi connectivity index (χ0n) is 20.0. The van der Waals surface area contributed by atoms with Gasteiger partial charge in [0.25, 0.3) is 5.56 Å². The average Bonchev–Trinajstić information content (AvgIpc) is 3.33. The zero-order chi connectivity index (χ0) is 25.6. The number of ether oxygens (including phenoxy) is 1. The number of carbonyl (C=O) groups is 1. The lowest BCUT2D eigenvalue weighted by molar-refractivity contribution is 0.0909. The molecule has 0 aliphatic heterocycles. The number of benzene rings is 2. The molecule has 0 N–H and O–H groups in total. The van der Waals surface area contributed by atoms with E-state index >= 15 is 0 Å². The quantitative estimate of drug-likeness (QED) is 0.317. The molecule has 180 valence electrons. The second kappa shape index (κ2) is 9.05. The maximum atomic E-state index is 14.1. The lowest BCUT2D eigenvalue weighted by atomic mass is 9.75. The minimum absolute atomic E-state index is 0.0267. The first kappa shape index (κ1) is 24.0. The number of ketones is 1. The summed E-state index contributed by atoms with van der Waals surface area (Å²) in [6.07, 6.45) is 0.901. The van der Waals surface area contributed by atoms with Crippen LogP contribution in [0.1, 0.15) is 41.9 Å². The lowest BCUT2D eigenvalue weighted by Gasteiger charge is -2.32. The largest absolute Gasteiger partial charge is 0.495 e. The van der Waals surface area contributed by atoms with Gasteiger partial charge in [-0.3, -0.25) is 14.2 Å². The Kier molecular flexibility index (Phi) is 6.03. The van der Waals surface area contributed by atoms with Gasteiger partial charge in [0.05, 0.1) is 35.7 Å². The third kappa shape index (κ3) is 4.23. The normalized spacial score (nSPS) is 14.2. The molecule has 0 saturated heterocycles. The van der Waals surface area contributed by atoms with Crippen LogP contribution >= 0.6 is 22.9 Å². The molecule has 0 unspecified atom stereocenters. The molecular weight excluding hydrogens is 494 g/mol. The molecule has 0 bridgehead atoms. The molecule has 0 atom stereocenters. The number of halogens is 1. The second-order valence-electron chi connectivity index (χ2n) is 9.54. The van der Waals surface area contributed by atoms with Gasteiger partial charge in [-0.2, -0.15) is 5.26 Å². The number of pyridine rings is 1. The van der Waals surface area contributed by atoms with Crippen molar-refractivity contribution in [2.24, 2.45) is 5.41 Å². The van der Waals surface area contributed by atoms with Gasteiger partial charge >= 0.3 is 0 Å². The third-order valence-corrected chi connectivity index (χ3v) is 7.44.